The van der Waals surface area contributed by atoms with Crippen molar-refractivity contribution >= 4 is 28.2 Å². The molecule has 2 bridgehead atoms. The number of aliphatic hydroxyl groups is 1. The molecular formula is C28H34N10O4S. The zero-order valence-corrected chi connectivity index (χ0v) is 24.8. The van der Waals surface area contributed by atoms with Gasteiger partial charge in [0, 0.05) is 54.6 Å². The minimum absolute atomic E-state index is 0.0961. The van der Waals surface area contributed by atoms with E-state index in [4.69, 9.17) is 25.0 Å². The summed E-state index contributed by atoms with van der Waals surface area (Å²) in [6.07, 6.45) is 5.50. The molecule has 15 heteroatoms. The molecule has 14 nitrogen and oxygen atoms in total. The molecule has 4 N–H and O–H groups in total. The summed E-state index contributed by atoms with van der Waals surface area (Å²) < 4.78 is 12.0. The number of fused-ring (bicyclic) bond motifs is 3. The molecule has 0 saturated carbocycles. The van der Waals surface area contributed by atoms with E-state index in [2.05, 4.69) is 31.4 Å². The molecular weight excluding hydrogens is 572 g/mol. The van der Waals surface area contributed by atoms with Gasteiger partial charge in [0.1, 0.15) is 17.7 Å². The number of nitrogens with zero attached hydrogens (tertiary/aromatic N) is 8. The van der Waals surface area contributed by atoms with Gasteiger partial charge in [-0.1, -0.05) is 5.16 Å². The van der Waals surface area contributed by atoms with Gasteiger partial charge in [-0.05, 0) is 45.4 Å². The van der Waals surface area contributed by atoms with Crippen molar-refractivity contribution in [3.63, 3.8) is 0 Å². The monoisotopic (exact) mass is 606 g/mol. The molecule has 3 aromatic rings. The van der Waals surface area contributed by atoms with Crippen molar-refractivity contribution in [2.24, 2.45) is 5.92 Å². The molecule has 7 rings (SSSR count). The van der Waals surface area contributed by atoms with Crippen LogP contribution in [0.1, 0.15) is 60.9 Å². The molecule has 4 aliphatic rings. The molecule has 0 radical (unpaired) electrons. The lowest BCUT2D eigenvalue weighted by Gasteiger charge is -2.32. The van der Waals surface area contributed by atoms with E-state index < -0.39 is 12.0 Å². The molecule has 1 aliphatic carbocycles. The summed E-state index contributed by atoms with van der Waals surface area (Å²) in [6, 6.07) is 3.19. The zero-order chi connectivity index (χ0) is 29.7. The van der Waals surface area contributed by atoms with Crippen molar-refractivity contribution in [1.29, 1.82) is 5.26 Å². The van der Waals surface area contributed by atoms with Gasteiger partial charge in [0.25, 0.3) is 0 Å². The van der Waals surface area contributed by atoms with E-state index in [1.807, 2.05) is 6.92 Å². The fourth-order valence-electron chi connectivity index (χ4n) is 6.95. The number of nitrogens with one attached hydrogen (secondary N) is 1. The fraction of sp³-hybridized carbons (Fsp3) is 0.607. The van der Waals surface area contributed by atoms with Crippen LogP contribution in [0, 0.1) is 17.2 Å². The number of nitriles is 1. The molecule has 3 saturated heterocycles. The third-order valence-corrected chi connectivity index (χ3v) is 10.3. The number of piperazine rings is 1. The minimum Gasteiger partial charge on any atom is -0.463 e. The highest BCUT2D eigenvalue weighted by atomic mass is 32.1. The first-order valence-electron chi connectivity index (χ1n) is 14.8. The second kappa shape index (κ2) is 11.0. The number of rotatable bonds is 7. The first-order valence-corrected chi connectivity index (χ1v) is 15.6. The van der Waals surface area contributed by atoms with Gasteiger partial charge >= 0.3 is 6.01 Å². The highest BCUT2D eigenvalue weighted by Crippen LogP contribution is 2.48. The van der Waals surface area contributed by atoms with Gasteiger partial charge in [-0.25, -0.2) is 0 Å². The Morgan fingerprint density at radius 1 is 1.21 bits per heavy atom. The molecule has 0 aromatic carbocycles. The van der Waals surface area contributed by atoms with Crippen LogP contribution in [0.25, 0.3) is 11.6 Å². The number of carbonyl (C=O) groups excluding carboxylic acids is 1. The summed E-state index contributed by atoms with van der Waals surface area (Å²) in [7, 11) is 0. The second-order valence-corrected chi connectivity index (χ2v) is 13.2. The van der Waals surface area contributed by atoms with Crippen LogP contribution in [0.2, 0.25) is 0 Å². The second-order valence-electron chi connectivity index (χ2n) is 12.1. The van der Waals surface area contributed by atoms with Crippen molar-refractivity contribution in [2.45, 2.75) is 62.9 Å². The van der Waals surface area contributed by atoms with Gasteiger partial charge in [0.15, 0.2) is 0 Å². The van der Waals surface area contributed by atoms with E-state index >= 15 is 0 Å². The number of aromatic nitrogens is 5. The third kappa shape index (κ3) is 5.07. The normalized spacial score (nSPS) is 26.4. The molecule has 4 atom stereocenters. The van der Waals surface area contributed by atoms with Gasteiger partial charge in [-0.3, -0.25) is 4.79 Å². The standard InChI is InChI=1S/C28H34N10O4S/c1-28(7-2-3-19-21(28)18(9-29)22(30)43-19)25-32-24(36-42-25)23-33-26(38-11-16-4-5-17(12-38)31-16)35-27(34-23)41-14-15-6-8-37(10-15)20(40)13-39/h15-17,31,39H,2-8,10-14,30H2,1H3/t15-,16-,17+,28+/m0/s1. The van der Waals surface area contributed by atoms with E-state index in [9.17, 15) is 15.2 Å². The van der Waals surface area contributed by atoms with Gasteiger partial charge in [0.2, 0.25) is 29.4 Å². The van der Waals surface area contributed by atoms with Crippen LogP contribution in [0.5, 0.6) is 6.01 Å². The highest BCUT2D eigenvalue weighted by Gasteiger charge is 2.43. The lowest BCUT2D eigenvalue weighted by Crippen LogP contribution is -2.51. The Bertz CT molecular complexity index is 1570. The quantitative estimate of drug-likeness (QED) is 0.348. The summed E-state index contributed by atoms with van der Waals surface area (Å²) in [4.78, 5) is 35.6. The summed E-state index contributed by atoms with van der Waals surface area (Å²) in [5, 5.41) is 27.5. The number of likely N-dealkylation sites (tertiary alicyclic amines) is 1. The molecule has 226 valence electrons. The lowest BCUT2D eigenvalue weighted by atomic mass is 9.72. The van der Waals surface area contributed by atoms with E-state index in [1.165, 1.54) is 11.3 Å². The van der Waals surface area contributed by atoms with Crippen LogP contribution < -0.4 is 20.7 Å². The predicted octanol–water partition coefficient (Wildman–Crippen LogP) is 1.24. The smallest absolute Gasteiger partial charge is 0.321 e. The van der Waals surface area contributed by atoms with E-state index in [1.54, 1.807) is 4.90 Å². The number of anilines is 2. The minimum atomic E-state index is -0.661. The Balaban J connectivity index is 1.19. The van der Waals surface area contributed by atoms with Crippen molar-refractivity contribution < 1.29 is 19.2 Å². The van der Waals surface area contributed by atoms with E-state index in [0.29, 0.717) is 54.2 Å². The predicted molar refractivity (Wildman–Crippen MR) is 155 cm³/mol. The molecule has 0 unspecified atom stereocenters. The number of carbonyl (C=O) groups is 1. The Morgan fingerprint density at radius 2 is 2.02 bits per heavy atom. The Kier molecular flexibility index (Phi) is 7.15. The average molecular weight is 607 g/mol. The average Bonchev–Trinajstić information content (AvgIpc) is 3.82. The Morgan fingerprint density at radius 3 is 2.79 bits per heavy atom. The molecule has 3 aliphatic heterocycles. The molecule has 3 fully saturated rings. The number of nitrogen functional groups attached to an aromatic ring is 1. The molecule has 6 heterocycles. The van der Waals surface area contributed by atoms with Crippen LogP contribution in [-0.2, 0) is 16.6 Å². The van der Waals surface area contributed by atoms with Crippen molar-refractivity contribution in [3.8, 4) is 23.7 Å². The van der Waals surface area contributed by atoms with Gasteiger partial charge in [-0.15, -0.1) is 11.3 Å². The molecule has 43 heavy (non-hydrogen) atoms. The topological polar surface area (TPSA) is 192 Å². The maximum atomic E-state index is 11.9. The zero-order valence-electron chi connectivity index (χ0n) is 24.0. The van der Waals surface area contributed by atoms with Crippen molar-refractivity contribution in [3.05, 3.63) is 21.9 Å². The van der Waals surface area contributed by atoms with Crippen molar-refractivity contribution in [1.82, 2.24) is 35.3 Å². The number of aliphatic hydroxyl groups excluding tert-OH is 1. The van der Waals surface area contributed by atoms with Crippen LogP contribution in [0.15, 0.2) is 4.52 Å². The third-order valence-electron chi connectivity index (χ3n) is 9.18. The van der Waals surface area contributed by atoms with E-state index in [-0.39, 0.29) is 29.5 Å². The van der Waals surface area contributed by atoms with Crippen LogP contribution >= 0.6 is 11.3 Å². The van der Waals surface area contributed by atoms with Crippen LogP contribution in [-0.4, -0.2) is 92.5 Å². The number of aryl methyl sites for hydroxylation is 1. The Labute approximate surface area is 252 Å². The summed E-state index contributed by atoms with van der Waals surface area (Å²) in [6.45, 7) is 4.48. The van der Waals surface area contributed by atoms with E-state index in [0.717, 1.165) is 62.1 Å². The summed E-state index contributed by atoms with van der Waals surface area (Å²) >= 11 is 1.46. The number of hydrogen-bond acceptors (Lipinski definition) is 14. The Hall–Kier alpha value is -3.87. The largest absolute Gasteiger partial charge is 0.463 e. The fourth-order valence-corrected chi connectivity index (χ4v) is 8.14. The maximum absolute atomic E-state index is 11.9. The number of thiophene rings is 1. The van der Waals surface area contributed by atoms with Gasteiger partial charge < -0.3 is 35.2 Å². The summed E-state index contributed by atoms with van der Waals surface area (Å²) in [5.74, 6) is 1.17. The number of hydrogen-bond donors (Lipinski definition) is 3. The highest BCUT2D eigenvalue weighted by molar-refractivity contribution is 7.16. The lowest BCUT2D eigenvalue weighted by molar-refractivity contribution is -0.133. The number of nitrogens with two attached hydrogens (primary N) is 1. The molecule has 0 spiro atoms. The number of amides is 1. The first kappa shape index (κ1) is 27.9. The molecule has 3 aromatic heterocycles. The first-order chi connectivity index (χ1) is 20.8. The van der Waals surface area contributed by atoms with Crippen LogP contribution in [0.4, 0.5) is 10.9 Å². The van der Waals surface area contributed by atoms with Gasteiger partial charge in [0.05, 0.1) is 17.6 Å². The maximum Gasteiger partial charge on any atom is 0.321 e. The van der Waals surface area contributed by atoms with Gasteiger partial charge in [-0.2, -0.15) is 25.2 Å². The number of ether oxygens (including phenoxy) is 1. The van der Waals surface area contributed by atoms with Crippen molar-refractivity contribution in [2.75, 3.05) is 50.0 Å². The SMILES string of the molecule is C[C@@]1(c2nc(-c3nc(OC[C@H]4CCN(C(=O)CO)C4)nc(N4C[C@H]5CC[C@@H](C4)N5)n3)no2)CCCc2sc(N)c(C#N)c21. The summed E-state index contributed by atoms with van der Waals surface area (Å²) in [5.41, 5.74) is 6.91. The molecule has 1 amide bonds. The van der Waals surface area contributed by atoms with Crippen LogP contribution in [0.3, 0.4) is 0 Å².